The van der Waals surface area contributed by atoms with E-state index in [4.69, 9.17) is 4.74 Å². The largest absolute Gasteiger partial charge is 0.477 e. The van der Waals surface area contributed by atoms with E-state index < -0.39 is 21.5 Å². The van der Waals surface area contributed by atoms with E-state index in [0.29, 0.717) is 56.3 Å². The number of ether oxygens (including phenoxy) is 1. The van der Waals surface area contributed by atoms with Gasteiger partial charge in [0.1, 0.15) is 11.6 Å². The maximum absolute atomic E-state index is 13.3. The topological polar surface area (TPSA) is 112 Å². The number of rotatable bonds is 7. The lowest BCUT2D eigenvalue weighted by molar-refractivity contribution is -0.128. The van der Waals surface area contributed by atoms with Crippen LogP contribution >= 0.6 is 0 Å². The fraction of sp³-hybridized carbons (Fsp3) is 0.552. The summed E-state index contributed by atoms with van der Waals surface area (Å²) in [4.78, 5) is 19.6. The van der Waals surface area contributed by atoms with E-state index in [9.17, 15) is 18.5 Å². The molecule has 2 saturated carbocycles. The number of carbonyl (C=O) groups excluding carboxylic acids is 1. The number of amides is 1. The molecule has 0 unspecified atom stereocenters. The number of benzene rings is 1. The molecule has 0 bridgehead atoms. The van der Waals surface area contributed by atoms with Gasteiger partial charge in [0.2, 0.25) is 0 Å². The van der Waals surface area contributed by atoms with Crippen molar-refractivity contribution < 1.29 is 17.9 Å². The Labute approximate surface area is 225 Å². The lowest BCUT2D eigenvalue weighted by atomic mass is 9.82. The fourth-order valence-electron chi connectivity index (χ4n) is 5.52. The molecule has 5 rings (SSSR count). The zero-order chi connectivity index (χ0) is 27.0. The van der Waals surface area contributed by atoms with Crippen LogP contribution in [-0.2, 0) is 14.8 Å². The van der Waals surface area contributed by atoms with Crippen LogP contribution in [0.2, 0.25) is 0 Å². The molecule has 38 heavy (non-hydrogen) atoms. The van der Waals surface area contributed by atoms with E-state index in [0.717, 1.165) is 24.0 Å². The monoisotopic (exact) mass is 536 g/mol. The SMILES string of the molecule is Cc1ccc(C2CCCCC2)c(OC2(C(=O)NS(=O)(=O)c3cccc(N4CCC(C)(C#N)CC4)n3)CC2)c1. The number of pyridine rings is 1. The van der Waals surface area contributed by atoms with E-state index in [1.807, 2.05) is 24.8 Å². The summed E-state index contributed by atoms with van der Waals surface area (Å²) in [6, 6.07) is 13.3. The van der Waals surface area contributed by atoms with Gasteiger partial charge in [-0.3, -0.25) is 4.79 Å². The number of sulfonamides is 1. The average molecular weight is 537 g/mol. The molecule has 2 aliphatic carbocycles. The van der Waals surface area contributed by atoms with Crippen molar-refractivity contribution in [2.75, 3.05) is 18.0 Å². The van der Waals surface area contributed by atoms with E-state index in [2.05, 4.69) is 27.9 Å². The number of hydrogen-bond acceptors (Lipinski definition) is 7. The standard InChI is InChI=1S/C29H36N4O4S/c1-21-11-12-23(22-7-4-3-5-8-22)24(19-21)37-29(13-14-29)27(34)32-38(35,36)26-10-6-9-25(31-26)33-17-15-28(2,20-30)16-18-33/h6,9-12,19,22H,3-5,7-8,13-18H2,1-2H3,(H,32,34). The lowest BCUT2D eigenvalue weighted by Gasteiger charge is -2.35. The van der Waals surface area contributed by atoms with E-state index in [1.54, 1.807) is 12.1 Å². The minimum absolute atomic E-state index is 0.203. The number of nitriles is 1. The Morgan fingerprint density at radius 3 is 2.47 bits per heavy atom. The van der Waals surface area contributed by atoms with Crippen LogP contribution in [0.3, 0.4) is 0 Å². The van der Waals surface area contributed by atoms with Crippen molar-refractivity contribution >= 4 is 21.7 Å². The van der Waals surface area contributed by atoms with Gasteiger partial charge in [0.05, 0.1) is 11.5 Å². The van der Waals surface area contributed by atoms with Crippen molar-refractivity contribution in [1.82, 2.24) is 9.71 Å². The highest BCUT2D eigenvalue weighted by molar-refractivity contribution is 7.90. The van der Waals surface area contributed by atoms with Crippen LogP contribution in [0.4, 0.5) is 5.82 Å². The van der Waals surface area contributed by atoms with Crippen molar-refractivity contribution in [1.29, 1.82) is 5.26 Å². The zero-order valence-corrected chi connectivity index (χ0v) is 23.0. The second kappa shape index (κ2) is 10.2. The van der Waals surface area contributed by atoms with Crippen LogP contribution in [-0.4, -0.2) is 38.0 Å². The molecule has 9 heteroatoms. The molecule has 2 aromatic rings. The number of aryl methyl sites for hydroxylation is 1. The zero-order valence-electron chi connectivity index (χ0n) is 22.2. The third kappa shape index (κ3) is 5.51. The highest BCUT2D eigenvalue weighted by atomic mass is 32.2. The highest BCUT2D eigenvalue weighted by Gasteiger charge is 2.54. The van der Waals surface area contributed by atoms with Gasteiger partial charge in [0, 0.05) is 25.9 Å². The van der Waals surface area contributed by atoms with Gasteiger partial charge in [-0.2, -0.15) is 13.7 Å². The molecule has 202 valence electrons. The maximum atomic E-state index is 13.3. The first-order valence-corrected chi connectivity index (χ1v) is 15.1. The molecular formula is C29H36N4O4S. The number of anilines is 1. The van der Waals surface area contributed by atoms with Gasteiger partial charge in [-0.25, -0.2) is 9.71 Å². The van der Waals surface area contributed by atoms with Gasteiger partial charge in [-0.15, -0.1) is 0 Å². The summed E-state index contributed by atoms with van der Waals surface area (Å²) in [6.45, 7) is 5.16. The maximum Gasteiger partial charge on any atom is 0.281 e. The van der Waals surface area contributed by atoms with Crippen LogP contribution in [0.5, 0.6) is 5.75 Å². The third-order valence-electron chi connectivity index (χ3n) is 8.31. The van der Waals surface area contributed by atoms with Crippen molar-refractivity contribution in [3.63, 3.8) is 0 Å². The van der Waals surface area contributed by atoms with Crippen LogP contribution in [0.25, 0.3) is 0 Å². The Balaban J connectivity index is 1.30. The Morgan fingerprint density at radius 2 is 1.82 bits per heavy atom. The number of hydrogen-bond donors (Lipinski definition) is 1. The Kier molecular flexibility index (Phi) is 7.12. The molecule has 8 nitrogen and oxygen atoms in total. The first-order valence-electron chi connectivity index (χ1n) is 13.6. The van der Waals surface area contributed by atoms with Gasteiger partial charge in [-0.05, 0) is 74.8 Å². The van der Waals surface area contributed by atoms with E-state index in [1.165, 1.54) is 25.3 Å². The summed E-state index contributed by atoms with van der Waals surface area (Å²) in [5.74, 6) is 0.962. The molecule has 1 N–H and O–H groups in total. The minimum atomic E-state index is -4.19. The molecule has 1 amide bonds. The lowest BCUT2D eigenvalue weighted by Crippen LogP contribution is -2.44. The summed E-state index contributed by atoms with van der Waals surface area (Å²) in [7, 11) is -4.19. The minimum Gasteiger partial charge on any atom is -0.477 e. The van der Waals surface area contributed by atoms with Gasteiger partial charge in [0.25, 0.3) is 15.9 Å². The number of nitrogens with zero attached hydrogens (tertiary/aromatic N) is 3. The smallest absolute Gasteiger partial charge is 0.281 e. The summed E-state index contributed by atoms with van der Waals surface area (Å²) in [5, 5.41) is 9.18. The molecule has 1 aromatic heterocycles. The van der Waals surface area contributed by atoms with Crippen molar-refractivity contribution in [2.45, 2.75) is 88.2 Å². The molecule has 1 aliphatic heterocycles. The fourth-order valence-corrected chi connectivity index (χ4v) is 6.52. The Bertz CT molecular complexity index is 1350. The highest BCUT2D eigenvalue weighted by Crippen LogP contribution is 2.45. The first-order chi connectivity index (χ1) is 18.1. The van der Waals surface area contributed by atoms with Crippen molar-refractivity contribution in [3.05, 3.63) is 47.5 Å². The summed E-state index contributed by atoms with van der Waals surface area (Å²) in [6.07, 6.45) is 8.10. The summed E-state index contributed by atoms with van der Waals surface area (Å²) in [5.41, 5.74) is 0.593. The van der Waals surface area contributed by atoms with E-state index in [-0.39, 0.29) is 10.4 Å². The Hall–Kier alpha value is -3.12. The number of nitrogens with one attached hydrogen (secondary N) is 1. The predicted molar refractivity (Wildman–Crippen MR) is 144 cm³/mol. The molecule has 0 spiro atoms. The summed E-state index contributed by atoms with van der Waals surface area (Å²) >= 11 is 0. The van der Waals surface area contributed by atoms with Gasteiger partial charge in [-0.1, -0.05) is 37.5 Å². The van der Waals surface area contributed by atoms with Crippen LogP contribution < -0.4 is 14.4 Å². The van der Waals surface area contributed by atoms with E-state index >= 15 is 0 Å². The third-order valence-corrected chi connectivity index (χ3v) is 9.54. The van der Waals surface area contributed by atoms with Crippen LogP contribution in [0, 0.1) is 23.7 Å². The molecule has 2 heterocycles. The quantitative estimate of drug-likeness (QED) is 0.531. The molecule has 1 saturated heterocycles. The first kappa shape index (κ1) is 26.5. The van der Waals surface area contributed by atoms with Crippen molar-refractivity contribution in [2.24, 2.45) is 5.41 Å². The van der Waals surface area contributed by atoms with Gasteiger partial charge >= 0.3 is 0 Å². The predicted octanol–water partition coefficient (Wildman–Crippen LogP) is 4.98. The van der Waals surface area contributed by atoms with Crippen LogP contribution in [0.1, 0.15) is 81.8 Å². The number of piperidine rings is 1. The Morgan fingerprint density at radius 1 is 1.11 bits per heavy atom. The number of aromatic nitrogens is 1. The summed E-state index contributed by atoms with van der Waals surface area (Å²) < 4.78 is 35.0. The van der Waals surface area contributed by atoms with Crippen LogP contribution in [0.15, 0.2) is 41.4 Å². The molecule has 0 radical (unpaired) electrons. The normalized spacial score (nSPS) is 20.8. The second-order valence-corrected chi connectivity index (χ2v) is 13.0. The average Bonchev–Trinajstić information content (AvgIpc) is 3.70. The van der Waals surface area contributed by atoms with Crippen molar-refractivity contribution in [3.8, 4) is 11.8 Å². The molecular weight excluding hydrogens is 500 g/mol. The number of carbonyl (C=O) groups is 1. The van der Waals surface area contributed by atoms with Gasteiger partial charge < -0.3 is 9.64 Å². The van der Waals surface area contributed by atoms with Gasteiger partial charge in [0.15, 0.2) is 10.6 Å². The molecule has 3 fully saturated rings. The molecule has 1 aromatic carbocycles. The molecule has 3 aliphatic rings. The molecule has 0 atom stereocenters. The second-order valence-electron chi connectivity index (χ2n) is 11.4.